The summed E-state index contributed by atoms with van der Waals surface area (Å²) in [5.41, 5.74) is 1.91. The fourth-order valence-corrected chi connectivity index (χ4v) is 2.90. The van der Waals surface area contributed by atoms with E-state index in [0.29, 0.717) is 6.04 Å². The lowest BCUT2D eigenvalue weighted by molar-refractivity contribution is 0.0916. The van der Waals surface area contributed by atoms with Crippen molar-refractivity contribution in [3.8, 4) is 0 Å². The number of carbonyl (C=O) groups excluding carboxylic acids is 1. The average Bonchev–Trinajstić information content (AvgIpc) is 2.41. The van der Waals surface area contributed by atoms with E-state index in [4.69, 9.17) is 0 Å². The molecule has 3 nitrogen and oxygen atoms in total. The molecule has 0 bridgehead atoms. The summed E-state index contributed by atoms with van der Waals surface area (Å²) in [5, 5.41) is 3.17. The minimum atomic E-state index is 0.0684. The van der Waals surface area contributed by atoms with Gasteiger partial charge in [0.15, 0.2) is 0 Å². The number of piperidine rings is 1. The van der Waals surface area contributed by atoms with E-state index in [1.54, 1.807) is 0 Å². The van der Waals surface area contributed by atoms with Crippen LogP contribution in [0.5, 0.6) is 0 Å². The molecule has 0 spiro atoms. The van der Waals surface area contributed by atoms with Gasteiger partial charge in [-0.15, -0.1) is 0 Å². The van der Waals surface area contributed by atoms with E-state index in [1.807, 2.05) is 18.2 Å². The van der Waals surface area contributed by atoms with Gasteiger partial charge in [-0.3, -0.25) is 4.79 Å². The molecule has 19 heavy (non-hydrogen) atoms. The molecule has 0 radical (unpaired) electrons. The molecule has 1 aromatic rings. The molecular weight excluding hydrogens is 304 g/mol. The summed E-state index contributed by atoms with van der Waals surface area (Å²) in [4.78, 5) is 14.7. The summed E-state index contributed by atoms with van der Waals surface area (Å²) >= 11 is 3.45. The van der Waals surface area contributed by atoms with Crippen molar-refractivity contribution in [2.75, 3.05) is 20.1 Å². The van der Waals surface area contributed by atoms with E-state index in [1.165, 1.54) is 0 Å². The first-order valence-corrected chi connectivity index (χ1v) is 7.67. The largest absolute Gasteiger partial charge is 0.349 e. The molecule has 0 atom stereocenters. The van der Waals surface area contributed by atoms with Crippen molar-refractivity contribution < 1.29 is 4.79 Å². The molecule has 1 aliphatic rings. The highest BCUT2D eigenvalue weighted by Gasteiger charge is 2.20. The van der Waals surface area contributed by atoms with Crippen LogP contribution in [0.15, 0.2) is 22.7 Å². The third-order valence-electron chi connectivity index (χ3n) is 3.75. The minimum Gasteiger partial charge on any atom is -0.349 e. The zero-order chi connectivity index (χ0) is 13.8. The predicted molar refractivity (Wildman–Crippen MR) is 81.5 cm³/mol. The van der Waals surface area contributed by atoms with Crippen molar-refractivity contribution >= 4 is 21.8 Å². The summed E-state index contributed by atoms with van der Waals surface area (Å²) in [6.07, 6.45) is 2.95. The van der Waals surface area contributed by atoms with Crippen LogP contribution in [0.2, 0.25) is 0 Å². The molecule has 1 fully saturated rings. The maximum Gasteiger partial charge on any atom is 0.251 e. The van der Waals surface area contributed by atoms with Gasteiger partial charge in [0, 0.05) is 16.1 Å². The third-order valence-corrected chi connectivity index (χ3v) is 4.24. The van der Waals surface area contributed by atoms with E-state index in [-0.39, 0.29) is 5.91 Å². The number of hydrogen-bond acceptors (Lipinski definition) is 2. The average molecular weight is 325 g/mol. The first-order valence-electron chi connectivity index (χ1n) is 6.88. The molecule has 1 aliphatic heterocycles. The highest BCUT2D eigenvalue weighted by Crippen LogP contribution is 2.18. The van der Waals surface area contributed by atoms with Crippen LogP contribution >= 0.6 is 15.9 Å². The highest BCUT2D eigenvalue weighted by atomic mass is 79.9. The molecule has 0 aliphatic carbocycles. The Bertz CT molecular complexity index is 453. The minimum absolute atomic E-state index is 0.0684. The van der Waals surface area contributed by atoms with Crippen molar-refractivity contribution in [3.05, 3.63) is 33.8 Å². The molecule has 1 N–H and O–H groups in total. The molecule has 0 saturated carbocycles. The number of benzene rings is 1. The van der Waals surface area contributed by atoms with Crippen LogP contribution in [0.1, 0.15) is 35.7 Å². The SMILES string of the molecule is CCc1cc(Br)ccc1C(=O)NC1CCN(C)CC1. The number of halogens is 1. The van der Waals surface area contributed by atoms with E-state index in [0.717, 1.165) is 48.0 Å². The van der Waals surface area contributed by atoms with E-state index < -0.39 is 0 Å². The normalized spacial score (nSPS) is 17.4. The van der Waals surface area contributed by atoms with Gasteiger partial charge in [0.05, 0.1) is 0 Å². The third kappa shape index (κ3) is 3.80. The van der Waals surface area contributed by atoms with Gasteiger partial charge in [-0.25, -0.2) is 0 Å². The quantitative estimate of drug-likeness (QED) is 0.927. The summed E-state index contributed by atoms with van der Waals surface area (Å²) in [7, 11) is 2.13. The Balaban J connectivity index is 2.03. The lowest BCUT2D eigenvalue weighted by Crippen LogP contribution is -2.43. The maximum absolute atomic E-state index is 12.3. The maximum atomic E-state index is 12.3. The van der Waals surface area contributed by atoms with Gasteiger partial charge >= 0.3 is 0 Å². The number of hydrogen-bond donors (Lipinski definition) is 1. The second kappa shape index (κ2) is 6.53. The molecule has 0 unspecified atom stereocenters. The fraction of sp³-hybridized carbons (Fsp3) is 0.533. The summed E-state index contributed by atoms with van der Waals surface area (Å²) in [6, 6.07) is 6.19. The first-order chi connectivity index (χ1) is 9.10. The standard InChI is InChI=1S/C15H21BrN2O/c1-3-11-10-12(16)4-5-14(11)15(19)17-13-6-8-18(2)9-7-13/h4-5,10,13H,3,6-9H2,1-2H3,(H,17,19). The van der Waals surface area contributed by atoms with Crippen LogP contribution in [0.4, 0.5) is 0 Å². The van der Waals surface area contributed by atoms with Crippen molar-refractivity contribution in [1.29, 1.82) is 0 Å². The van der Waals surface area contributed by atoms with E-state index in [9.17, 15) is 4.79 Å². The first kappa shape index (κ1) is 14.5. The summed E-state index contributed by atoms with van der Waals surface area (Å²) in [6.45, 7) is 4.20. The number of nitrogens with zero attached hydrogens (tertiary/aromatic N) is 1. The predicted octanol–water partition coefficient (Wildman–Crippen LogP) is 2.84. The number of carbonyl (C=O) groups is 1. The fourth-order valence-electron chi connectivity index (χ4n) is 2.49. The Labute approximate surface area is 123 Å². The Morgan fingerprint density at radius 2 is 2.11 bits per heavy atom. The second-order valence-corrected chi connectivity index (χ2v) is 6.12. The van der Waals surface area contributed by atoms with Crippen molar-refractivity contribution in [2.24, 2.45) is 0 Å². The van der Waals surface area contributed by atoms with Gasteiger partial charge < -0.3 is 10.2 Å². The molecule has 1 saturated heterocycles. The second-order valence-electron chi connectivity index (χ2n) is 5.21. The van der Waals surface area contributed by atoms with Crippen molar-refractivity contribution in [1.82, 2.24) is 10.2 Å². The number of rotatable bonds is 3. The Kier molecular flexibility index (Phi) is 4.99. The van der Waals surface area contributed by atoms with Gasteiger partial charge in [0.2, 0.25) is 0 Å². The number of aryl methyl sites for hydroxylation is 1. The Hall–Kier alpha value is -0.870. The molecule has 0 aromatic heterocycles. The molecule has 4 heteroatoms. The van der Waals surface area contributed by atoms with Crippen LogP contribution in [0.25, 0.3) is 0 Å². The molecule has 104 valence electrons. The lowest BCUT2D eigenvalue weighted by atomic mass is 10.0. The molecule has 1 amide bonds. The van der Waals surface area contributed by atoms with Crippen LogP contribution in [-0.4, -0.2) is 37.0 Å². The monoisotopic (exact) mass is 324 g/mol. The molecule has 2 rings (SSSR count). The zero-order valence-electron chi connectivity index (χ0n) is 11.6. The van der Waals surface area contributed by atoms with Crippen molar-refractivity contribution in [2.45, 2.75) is 32.2 Å². The molecular formula is C15H21BrN2O. The number of likely N-dealkylation sites (tertiary alicyclic amines) is 1. The van der Waals surface area contributed by atoms with E-state index in [2.05, 4.69) is 40.1 Å². The van der Waals surface area contributed by atoms with Crippen molar-refractivity contribution in [3.63, 3.8) is 0 Å². The topological polar surface area (TPSA) is 32.3 Å². The van der Waals surface area contributed by atoms with Gasteiger partial charge in [-0.05, 0) is 63.2 Å². The van der Waals surface area contributed by atoms with Crippen LogP contribution in [0.3, 0.4) is 0 Å². The summed E-state index contributed by atoms with van der Waals surface area (Å²) in [5.74, 6) is 0.0684. The van der Waals surface area contributed by atoms with Gasteiger partial charge in [0.1, 0.15) is 0 Å². The van der Waals surface area contributed by atoms with Crippen LogP contribution < -0.4 is 5.32 Å². The smallest absolute Gasteiger partial charge is 0.251 e. The van der Waals surface area contributed by atoms with Gasteiger partial charge in [0.25, 0.3) is 5.91 Å². The van der Waals surface area contributed by atoms with Crippen LogP contribution in [0, 0.1) is 0 Å². The number of amides is 1. The molecule has 1 aromatic carbocycles. The van der Waals surface area contributed by atoms with Crippen LogP contribution in [-0.2, 0) is 6.42 Å². The summed E-state index contributed by atoms with van der Waals surface area (Å²) < 4.78 is 1.03. The Morgan fingerprint density at radius 1 is 1.42 bits per heavy atom. The van der Waals surface area contributed by atoms with Gasteiger partial charge in [-0.2, -0.15) is 0 Å². The molecule has 1 heterocycles. The highest BCUT2D eigenvalue weighted by molar-refractivity contribution is 9.10. The zero-order valence-corrected chi connectivity index (χ0v) is 13.2. The number of nitrogens with one attached hydrogen (secondary N) is 1. The Morgan fingerprint density at radius 3 is 2.74 bits per heavy atom. The lowest BCUT2D eigenvalue weighted by Gasteiger charge is -2.29. The van der Waals surface area contributed by atoms with Gasteiger partial charge in [-0.1, -0.05) is 22.9 Å². The van der Waals surface area contributed by atoms with E-state index >= 15 is 0 Å².